The molecule has 0 saturated heterocycles. The number of methoxy groups -OCH3 is 1. The van der Waals surface area contributed by atoms with Gasteiger partial charge in [0.15, 0.2) is 10.8 Å². The number of rotatable bonds is 2. The van der Waals surface area contributed by atoms with Gasteiger partial charge in [-0.25, -0.2) is 9.78 Å². The molecule has 0 aliphatic carbocycles. The topological polar surface area (TPSA) is 97.6 Å². The van der Waals surface area contributed by atoms with E-state index >= 15 is 0 Å². The van der Waals surface area contributed by atoms with E-state index in [1.807, 2.05) is 0 Å². The third-order valence-corrected chi connectivity index (χ3v) is 4.26. The molecule has 0 aromatic carbocycles. The summed E-state index contributed by atoms with van der Waals surface area (Å²) in [6.07, 6.45) is 0.0779. The van der Waals surface area contributed by atoms with Gasteiger partial charge in [-0.2, -0.15) is 0 Å². The number of carbonyl (C=O) groups excluding carboxylic acids is 2. The first-order chi connectivity index (χ1) is 10.6. The largest absolute Gasteiger partial charge is 0.453 e. The SMILES string of the molecule is COC(=O)Nc1nc2c(s1)CN(C(=O)c1cc(C)on1)CC2. The van der Waals surface area contributed by atoms with Gasteiger partial charge in [0.1, 0.15) is 5.76 Å². The highest BCUT2D eigenvalue weighted by atomic mass is 32.1. The maximum Gasteiger partial charge on any atom is 0.413 e. The van der Waals surface area contributed by atoms with Crippen molar-refractivity contribution in [1.82, 2.24) is 15.0 Å². The molecule has 22 heavy (non-hydrogen) atoms. The Balaban J connectivity index is 1.73. The van der Waals surface area contributed by atoms with Crippen LogP contribution < -0.4 is 5.32 Å². The average molecular weight is 322 g/mol. The van der Waals surface area contributed by atoms with Gasteiger partial charge in [0, 0.05) is 23.9 Å². The lowest BCUT2D eigenvalue weighted by atomic mass is 10.1. The minimum Gasteiger partial charge on any atom is -0.453 e. The first-order valence-electron chi connectivity index (χ1n) is 6.63. The molecule has 2 amide bonds. The quantitative estimate of drug-likeness (QED) is 0.905. The summed E-state index contributed by atoms with van der Waals surface area (Å²) in [6, 6.07) is 1.62. The normalized spacial score (nSPS) is 13.6. The maximum absolute atomic E-state index is 12.4. The maximum atomic E-state index is 12.4. The fourth-order valence-electron chi connectivity index (χ4n) is 2.19. The number of carbonyl (C=O) groups is 2. The zero-order chi connectivity index (χ0) is 15.7. The smallest absolute Gasteiger partial charge is 0.413 e. The van der Waals surface area contributed by atoms with Gasteiger partial charge in [0.2, 0.25) is 0 Å². The summed E-state index contributed by atoms with van der Waals surface area (Å²) in [7, 11) is 1.29. The monoisotopic (exact) mass is 322 g/mol. The fourth-order valence-corrected chi connectivity index (χ4v) is 3.20. The second-order valence-corrected chi connectivity index (χ2v) is 5.89. The summed E-state index contributed by atoms with van der Waals surface area (Å²) < 4.78 is 9.48. The molecule has 3 rings (SSSR count). The van der Waals surface area contributed by atoms with Crippen molar-refractivity contribution in [2.45, 2.75) is 19.9 Å². The van der Waals surface area contributed by atoms with Gasteiger partial charge < -0.3 is 14.2 Å². The van der Waals surface area contributed by atoms with E-state index in [2.05, 4.69) is 20.2 Å². The molecule has 0 saturated carbocycles. The van der Waals surface area contributed by atoms with Crippen molar-refractivity contribution in [3.8, 4) is 0 Å². The van der Waals surface area contributed by atoms with Gasteiger partial charge in [-0.05, 0) is 6.92 Å². The number of ether oxygens (including phenoxy) is 1. The van der Waals surface area contributed by atoms with Crippen molar-refractivity contribution in [3.63, 3.8) is 0 Å². The van der Waals surface area contributed by atoms with Gasteiger partial charge >= 0.3 is 6.09 Å². The Morgan fingerprint density at radius 2 is 2.32 bits per heavy atom. The molecule has 0 bridgehead atoms. The number of nitrogens with one attached hydrogen (secondary N) is 1. The van der Waals surface area contributed by atoms with Gasteiger partial charge in [-0.3, -0.25) is 10.1 Å². The number of fused-ring (bicyclic) bond motifs is 1. The van der Waals surface area contributed by atoms with E-state index in [9.17, 15) is 9.59 Å². The lowest BCUT2D eigenvalue weighted by Crippen LogP contribution is -2.35. The Labute approximate surface area is 130 Å². The Bertz CT molecular complexity index is 723. The van der Waals surface area contributed by atoms with Gasteiger partial charge in [0.05, 0.1) is 19.3 Å². The van der Waals surface area contributed by atoms with Crippen LogP contribution in [0.4, 0.5) is 9.93 Å². The van der Waals surface area contributed by atoms with E-state index in [-0.39, 0.29) is 5.91 Å². The molecule has 1 aliphatic rings. The lowest BCUT2D eigenvalue weighted by Gasteiger charge is -2.25. The molecule has 116 valence electrons. The second-order valence-electron chi connectivity index (χ2n) is 4.80. The standard InChI is InChI=1S/C13H14N4O4S/c1-7-5-9(16-21-7)11(18)17-4-3-8-10(6-17)22-12(14-8)15-13(19)20-2/h5H,3-4,6H2,1-2H3,(H,14,15,19). The van der Waals surface area contributed by atoms with E-state index in [0.29, 0.717) is 36.1 Å². The Morgan fingerprint density at radius 1 is 1.50 bits per heavy atom. The van der Waals surface area contributed by atoms with E-state index in [4.69, 9.17) is 4.52 Å². The van der Waals surface area contributed by atoms with Crippen molar-refractivity contribution in [2.75, 3.05) is 19.0 Å². The number of aryl methyl sites for hydroxylation is 1. The van der Waals surface area contributed by atoms with E-state index in [1.165, 1.54) is 18.4 Å². The first kappa shape index (κ1) is 14.5. The summed E-state index contributed by atoms with van der Waals surface area (Å²) in [5.41, 5.74) is 1.20. The number of hydrogen-bond acceptors (Lipinski definition) is 7. The van der Waals surface area contributed by atoms with Crippen LogP contribution in [0.2, 0.25) is 0 Å². The molecule has 0 radical (unpaired) electrons. The first-order valence-corrected chi connectivity index (χ1v) is 7.44. The predicted molar refractivity (Wildman–Crippen MR) is 77.8 cm³/mol. The van der Waals surface area contributed by atoms with Crippen molar-refractivity contribution in [1.29, 1.82) is 0 Å². The Hall–Kier alpha value is -2.42. The summed E-state index contributed by atoms with van der Waals surface area (Å²) in [5, 5.41) is 6.77. The van der Waals surface area contributed by atoms with Crippen molar-refractivity contribution < 1.29 is 18.8 Å². The average Bonchev–Trinajstić information content (AvgIpc) is 3.11. The fraction of sp³-hybridized carbons (Fsp3) is 0.385. The van der Waals surface area contributed by atoms with Crippen molar-refractivity contribution in [3.05, 3.63) is 28.1 Å². The minimum atomic E-state index is -0.558. The van der Waals surface area contributed by atoms with E-state index < -0.39 is 6.09 Å². The van der Waals surface area contributed by atoms with Crippen LogP contribution in [0, 0.1) is 6.92 Å². The molecule has 0 atom stereocenters. The van der Waals surface area contributed by atoms with Crippen LogP contribution in [0.25, 0.3) is 0 Å². The van der Waals surface area contributed by atoms with E-state index in [0.717, 1.165) is 10.6 Å². The Morgan fingerprint density at radius 3 is 3.00 bits per heavy atom. The lowest BCUT2D eigenvalue weighted by molar-refractivity contribution is 0.0725. The number of thiazole rings is 1. The van der Waals surface area contributed by atoms with Crippen LogP contribution in [0.5, 0.6) is 0 Å². The van der Waals surface area contributed by atoms with Crippen LogP contribution in [0.15, 0.2) is 10.6 Å². The number of anilines is 1. The molecule has 3 heterocycles. The molecule has 0 fully saturated rings. The molecule has 1 N–H and O–H groups in total. The second kappa shape index (κ2) is 5.76. The number of nitrogens with zero attached hydrogens (tertiary/aromatic N) is 3. The summed E-state index contributed by atoms with van der Waals surface area (Å²) >= 11 is 1.34. The summed E-state index contributed by atoms with van der Waals surface area (Å²) in [4.78, 5) is 30.5. The zero-order valence-corrected chi connectivity index (χ0v) is 12.9. The summed E-state index contributed by atoms with van der Waals surface area (Å²) in [6.45, 7) is 2.74. The molecular formula is C13H14N4O4S. The molecule has 9 heteroatoms. The molecule has 8 nitrogen and oxygen atoms in total. The number of aromatic nitrogens is 2. The highest BCUT2D eigenvalue weighted by Crippen LogP contribution is 2.29. The molecule has 0 unspecified atom stereocenters. The van der Waals surface area contributed by atoms with Gasteiger partial charge in [0.25, 0.3) is 5.91 Å². The van der Waals surface area contributed by atoms with E-state index in [1.54, 1.807) is 17.9 Å². The summed E-state index contributed by atoms with van der Waals surface area (Å²) in [5.74, 6) is 0.432. The molecule has 2 aromatic rings. The van der Waals surface area contributed by atoms with Crippen molar-refractivity contribution >= 4 is 28.5 Å². The molecule has 2 aromatic heterocycles. The molecule has 0 spiro atoms. The third-order valence-electron chi connectivity index (χ3n) is 3.26. The molecule has 1 aliphatic heterocycles. The number of amides is 2. The van der Waals surface area contributed by atoms with Crippen molar-refractivity contribution in [2.24, 2.45) is 0 Å². The predicted octanol–water partition coefficient (Wildman–Crippen LogP) is 1.82. The van der Waals surface area contributed by atoms with Gasteiger partial charge in [-0.1, -0.05) is 16.5 Å². The van der Waals surface area contributed by atoms with Crippen LogP contribution >= 0.6 is 11.3 Å². The molecular weight excluding hydrogens is 308 g/mol. The minimum absolute atomic E-state index is 0.168. The van der Waals surface area contributed by atoms with Crippen LogP contribution in [-0.2, 0) is 17.7 Å². The van der Waals surface area contributed by atoms with Gasteiger partial charge in [-0.15, -0.1) is 0 Å². The zero-order valence-electron chi connectivity index (χ0n) is 12.1. The highest BCUT2D eigenvalue weighted by Gasteiger charge is 2.26. The van der Waals surface area contributed by atoms with Crippen LogP contribution in [0.3, 0.4) is 0 Å². The van der Waals surface area contributed by atoms with Crippen LogP contribution in [0.1, 0.15) is 26.8 Å². The highest BCUT2D eigenvalue weighted by molar-refractivity contribution is 7.15. The third kappa shape index (κ3) is 2.80. The Kier molecular flexibility index (Phi) is 3.80. The number of hydrogen-bond donors (Lipinski definition) is 1. The van der Waals surface area contributed by atoms with Crippen LogP contribution in [-0.4, -0.2) is 40.7 Å².